The minimum atomic E-state index is 0.430. The minimum Gasteiger partial charge on any atom is -0.327 e. The number of hydrogen-bond donors (Lipinski definition) is 1. The third kappa shape index (κ3) is 2.46. The van der Waals surface area contributed by atoms with Crippen LogP contribution in [0.25, 0.3) is 0 Å². The molecule has 0 radical (unpaired) electrons. The molecule has 72 valence electrons. The summed E-state index contributed by atoms with van der Waals surface area (Å²) in [4.78, 5) is 2.56. The van der Waals surface area contributed by atoms with Crippen LogP contribution in [0.1, 0.15) is 39.5 Å². The van der Waals surface area contributed by atoms with E-state index in [1.165, 1.54) is 32.2 Å². The second kappa shape index (κ2) is 4.83. The molecule has 0 aromatic carbocycles. The maximum absolute atomic E-state index is 5.93. The summed E-state index contributed by atoms with van der Waals surface area (Å²) in [6.45, 7) is 6.93. The summed E-state index contributed by atoms with van der Waals surface area (Å²) < 4.78 is 0. The lowest BCUT2D eigenvalue weighted by molar-refractivity contribution is 0.142. The lowest BCUT2D eigenvalue weighted by atomic mass is 10.0. The largest absolute Gasteiger partial charge is 0.327 e. The molecule has 1 heterocycles. The highest BCUT2D eigenvalue weighted by Crippen LogP contribution is 2.15. The van der Waals surface area contributed by atoms with Gasteiger partial charge in [-0.2, -0.15) is 0 Å². The van der Waals surface area contributed by atoms with Crippen molar-refractivity contribution in [2.24, 2.45) is 5.73 Å². The molecule has 0 amide bonds. The summed E-state index contributed by atoms with van der Waals surface area (Å²) in [5, 5.41) is 0. The van der Waals surface area contributed by atoms with Gasteiger partial charge in [0.05, 0.1) is 0 Å². The number of likely N-dealkylation sites (tertiary alicyclic amines) is 1. The highest BCUT2D eigenvalue weighted by atomic mass is 15.2. The van der Waals surface area contributed by atoms with Gasteiger partial charge in [-0.05, 0) is 32.2 Å². The van der Waals surface area contributed by atoms with Gasteiger partial charge < -0.3 is 5.73 Å². The number of nitrogens with zero attached hydrogens (tertiary/aromatic N) is 1. The highest BCUT2D eigenvalue weighted by Gasteiger charge is 2.21. The summed E-state index contributed by atoms with van der Waals surface area (Å²) in [5.41, 5.74) is 5.93. The van der Waals surface area contributed by atoms with E-state index in [2.05, 4.69) is 18.7 Å². The van der Waals surface area contributed by atoms with Crippen LogP contribution in [0, 0.1) is 0 Å². The SMILES string of the molecule is CCC(CC)N1CCC[C@@H](N)C1. The molecule has 1 aliphatic heterocycles. The lowest BCUT2D eigenvalue weighted by Crippen LogP contribution is -2.47. The van der Waals surface area contributed by atoms with E-state index >= 15 is 0 Å². The Morgan fingerprint density at radius 2 is 2.08 bits per heavy atom. The molecule has 0 aromatic heterocycles. The van der Waals surface area contributed by atoms with Crippen molar-refractivity contribution < 1.29 is 0 Å². The Morgan fingerprint density at radius 1 is 1.42 bits per heavy atom. The van der Waals surface area contributed by atoms with Gasteiger partial charge in [0.25, 0.3) is 0 Å². The smallest absolute Gasteiger partial charge is 0.0168 e. The molecule has 0 spiro atoms. The maximum Gasteiger partial charge on any atom is 0.0168 e. The average Bonchev–Trinajstić information content (AvgIpc) is 2.07. The van der Waals surface area contributed by atoms with Gasteiger partial charge in [0.2, 0.25) is 0 Å². The molecule has 1 aliphatic rings. The van der Waals surface area contributed by atoms with Gasteiger partial charge >= 0.3 is 0 Å². The van der Waals surface area contributed by atoms with Gasteiger partial charge in [-0.25, -0.2) is 0 Å². The third-order valence-electron chi connectivity index (χ3n) is 2.95. The molecular formula is C10H22N2. The molecule has 0 saturated carbocycles. The second-order valence-corrected chi connectivity index (χ2v) is 3.87. The summed E-state index contributed by atoms with van der Waals surface area (Å²) in [6, 6.07) is 1.20. The fraction of sp³-hybridized carbons (Fsp3) is 1.00. The standard InChI is InChI=1S/C10H22N2/c1-3-10(4-2)12-7-5-6-9(11)8-12/h9-10H,3-8,11H2,1-2H3/t9-/m1/s1. The van der Waals surface area contributed by atoms with Gasteiger partial charge in [0, 0.05) is 18.6 Å². The molecule has 1 rings (SSSR count). The van der Waals surface area contributed by atoms with Crippen LogP contribution >= 0.6 is 0 Å². The van der Waals surface area contributed by atoms with E-state index in [1.54, 1.807) is 0 Å². The zero-order valence-corrected chi connectivity index (χ0v) is 8.42. The van der Waals surface area contributed by atoms with E-state index in [9.17, 15) is 0 Å². The number of nitrogens with two attached hydrogens (primary N) is 1. The van der Waals surface area contributed by atoms with E-state index in [4.69, 9.17) is 5.73 Å². The van der Waals surface area contributed by atoms with Crippen molar-refractivity contribution in [1.82, 2.24) is 4.90 Å². The van der Waals surface area contributed by atoms with Crippen molar-refractivity contribution >= 4 is 0 Å². The second-order valence-electron chi connectivity index (χ2n) is 3.87. The summed E-state index contributed by atoms with van der Waals surface area (Å²) in [5.74, 6) is 0. The first-order valence-corrected chi connectivity index (χ1v) is 5.27. The molecule has 0 aliphatic carbocycles. The molecule has 0 bridgehead atoms. The Kier molecular flexibility index (Phi) is 4.02. The predicted octanol–water partition coefficient (Wildman–Crippen LogP) is 1.60. The fourth-order valence-corrected chi connectivity index (χ4v) is 2.18. The Labute approximate surface area is 76.1 Å². The normalized spacial score (nSPS) is 26.5. The van der Waals surface area contributed by atoms with E-state index in [0.29, 0.717) is 6.04 Å². The highest BCUT2D eigenvalue weighted by molar-refractivity contribution is 4.79. The first kappa shape index (κ1) is 10.0. The third-order valence-corrected chi connectivity index (χ3v) is 2.95. The van der Waals surface area contributed by atoms with Crippen molar-refractivity contribution in [1.29, 1.82) is 0 Å². The van der Waals surface area contributed by atoms with Gasteiger partial charge in [-0.15, -0.1) is 0 Å². The van der Waals surface area contributed by atoms with Crippen LogP contribution in [0.2, 0.25) is 0 Å². The molecule has 2 nitrogen and oxygen atoms in total. The predicted molar refractivity (Wildman–Crippen MR) is 53.2 cm³/mol. The van der Waals surface area contributed by atoms with Crippen molar-refractivity contribution in [3.05, 3.63) is 0 Å². The maximum atomic E-state index is 5.93. The van der Waals surface area contributed by atoms with Crippen LogP contribution in [-0.4, -0.2) is 30.1 Å². The molecule has 1 fully saturated rings. The Bertz CT molecular complexity index is 121. The van der Waals surface area contributed by atoms with Crippen molar-refractivity contribution in [2.45, 2.75) is 51.6 Å². The quantitative estimate of drug-likeness (QED) is 0.697. The fourth-order valence-electron chi connectivity index (χ4n) is 2.18. The summed E-state index contributed by atoms with van der Waals surface area (Å²) in [7, 11) is 0. The number of hydrogen-bond acceptors (Lipinski definition) is 2. The van der Waals surface area contributed by atoms with Gasteiger partial charge in [0.1, 0.15) is 0 Å². The molecule has 0 unspecified atom stereocenters. The molecule has 12 heavy (non-hydrogen) atoms. The van der Waals surface area contributed by atoms with Gasteiger partial charge in [-0.3, -0.25) is 4.90 Å². The lowest BCUT2D eigenvalue weighted by Gasteiger charge is -2.36. The van der Waals surface area contributed by atoms with Crippen LogP contribution in [-0.2, 0) is 0 Å². The van der Waals surface area contributed by atoms with E-state index < -0.39 is 0 Å². The zero-order valence-electron chi connectivity index (χ0n) is 8.42. The summed E-state index contributed by atoms with van der Waals surface area (Å²) >= 11 is 0. The first-order valence-electron chi connectivity index (χ1n) is 5.27. The van der Waals surface area contributed by atoms with Crippen LogP contribution in [0.3, 0.4) is 0 Å². The Balaban J connectivity index is 2.38. The molecule has 1 atom stereocenters. The van der Waals surface area contributed by atoms with Crippen LogP contribution in [0.15, 0.2) is 0 Å². The van der Waals surface area contributed by atoms with Crippen LogP contribution in [0.5, 0.6) is 0 Å². The molecule has 0 aromatic rings. The van der Waals surface area contributed by atoms with Gasteiger partial charge in [-0.1, -0.05) is 13.8 Å². The van der Waals surface area contributed by atoms with E-state index in [0.717, 1.165) is 12.6 Å². The Morgan fingerprint density at radius 3 is 2.58 bits per heavy atom. The number of rotatable bonds is 3. The molecule has 2 heteroatoms. The molecule has 1 saturated heterocycles. The van der Waals surface area contributed by atoms with Crippen LogP contribution in [0.4, 0.5) is 0 Å². The van der Waals surface area contributed by atoms with E-state index in [-0.39, 0.29) is 0 Å². The van der Waals surface area contributed by atoms with Crippen molar-refractivity contribution in [3.8, 4) is 0 Å². The van der Waals surface area contributed by atoms with Crippen LogP contribution < -0.4 is 5.73 Å². The first-order chi connectivity index (χ1) is 5.77. The minimum absolute atomic E-state index is 0.430. The van der Waals surface area contributed by atoms with E-state index in [1.807, 2.05) is 0 Å². The average molecular weight is 170 g/mol. The van der Waals surface area contributed by atoms with Crippen molar-refractivity contribution in [2.75, 3.05) is 13.1 Å². The number of piperidine rings is 1. The molecule has 2 N–H and O–H groups in total. The zero-order chi connectivity index (χ0) is 8.97. The molecular weight excluding hydrogens is 148 g/mol. The summed E-state index contributed by atoms with van der Waals surface area (Å²) in [6.07, 6.45) is 5.04. The monoisotopic (exact) mass is 170 g/mol. The van der Waals surface area contributed by atoms with Gasteiger partial charge in [0.15, 0.2) is 0 Å². The topological polar surface area (TPSA) is 29.3 Å². The Hall–Kier alpha value is -0.0800. The van der Waals surface area contributed by atoms with Crippen molar-refractivity contribution in [3.63, 3.8) is 0 Å².